The van der Waals surface area contributed by atoms with Gasteiger partial charge in [-0.1, -0.05) is 11.3 Å². The highest BCUT2D eigenvalue weighted by molar-refractivity contribution is 8.01. The number of ether oxygens (including phenoxy) is 1. The molecule has 4 N–H and O–H groups in total. The fraction of sp³-hybridized carbons (Fsp3) is 0.417. The minimum absolute atomic E-state index is 0.171. The normalized spacial score (nSPS) is 14.7. The van der Waals surface area contributed by atoms with Crippen LogP contribution in [-0.4, -0.2) is 35.9 Å². The molecular formula is C12H16N4O3S2. The maximum Gasteiger partial charge on any atom is 0.337 e. The lowest BCUT2D eigenvalue weighted by molar-refractivity contribution is -0.138. The number of esters is 1. The van der Waals surface area contributed by atoms with Crippen LogP contribution in [0.25, 0.3) is 0 Å². The molecule has 2 amide bonds. The monoisotopic (exact) mass is 328 g/mol. The highest BCUT2D eigenvalue weighted by Gasteiger charge is 2.24. The van der Waals surface area contributed by atoms with E-state index in [0.29, 0.717) is 28.8 Å². The molecule has 0 aliphatic carbocycles. The van der Waals surface area contributed by atoms with Crippen molar-refractivity contribution in [3.8, 4) is 0 Å². The molecule has 1 aliphatic rings. The van der Waals surface area contributed by atoms with E-state index in [2.05, 4.69) is 15.6 Å². The summed E-state index contributed by atoms with van der Waals surface area (Å²) in [6.07, 6.45) is 0. The number of aromatic nitrogens is 1. The topological polar surface area (TPSA) is 106 Å². The summed E-state index contributed by atoms with van der Waals surface area (Å²) < 4.78 is 5.97. The van der Waals surface area contributed by atoms with E-state index in [-0.39, 0.29) is 12.6 Å². The van der Waals surface area contributed by atoms with Gasteiger partial charge in [-0.15, -0.1) is 11.8 Å². The van der Waals surface area contributed by atoms with Gasteiger partial charge in [0.2, 0.25) is 0 Å². The number of nitrogen functional groups attached to an aromatic ring is 1. The molecule has 0 bridgehead atoms. The Morgan fingerprint density at radius 1 is 1.57 bits per heavy atom. The first-order valence-electron chi connectivity index (χ1n) is 6.31. The fourth-order valence-corrected chi connectivity index (χ4v) is 3.75. The Kier molecular flexibility index (Phi) is 5.07. The Balaban J connectivity index is 2.14. The van der Waals surface area contributed by atoms with Crippen LogP contribution in [-0.2, 0) is 9.53 Å². The minimum Gasteiger partial charge on any atom is -0.463 e. The van der Waals surface area contributed by atoms with Gasteiger partial charge in [0.1, 0.15) is 0 Å². The van der Waals surface area contributed by atoms with Crippen LogP contribution in [0.1, 0.15) is 12.6 Å². The van der Waals surface area contributed by atoms with E-state index in [9.17, 15) is 9.59 Å². The van der Waals surface area contributed by atoms with Gasteiger partial charge in [0.05, 0.1) is 28.6 Å². The summed E-state index contributed by atoms with van der Waals surface area (Å²) in [6, 6.07) is -0.320. The van der Waals surface area contributed by atoms with Crippen molar-refractivity contribution in [3.05, 3.63) is 17.0 Å². The third-order valence-electron chi connectivity index (χ3n) is 2.69. The van der Waals surface area contributed by atoms with Crippen molar-refractivity contribution in [3.63, 3.8) is 0 Å². The van der Waals surface area contributed by atoms with Crippen LogP contribution in [0, 0.1) is 6.92 Å². The van der Waals surface area contributed by atoms with Crippen LogP contribution in [0.4, 0.5) is 9.93 Å². The van der Waals surface area contributed by atoms with Gasteiger partial charge in [0.25, 0.3) is 0 Å². The molecule has 0 aromatic carbocycles. The molecule has 0 atom stereocenters. The average Bonchev–Trinajstić information content (AvgIpc) is 2.75. The summed E-state index contributed by atoms with van der Waals surface area (Å²) in [5.74, 6) is 0.0328. The number of anilines is 1. The maximum atomic E-state index is 11.9. The van der Waals surface area contributed by atoms with E-state index in [4.69, 9.17) is 10.5 Å². The van der Waals surface area contributed by atoms with E-state index in [1.165, 1.54) is 23.1 Å². The number of carbonyl (C=O) groups excluding carboxylic acids is 2. The van der Waals surface area contributed by atoms with Gasteiger partial charge in [0.15, 0.2) is 5.13 Å². The number of nitrogens with two attached hydrogens (primary N) is 1. The lowest BCUT2D eigenvalue weighted by atomic mass is 10.2. The van der Waals surface area contributed by atoms with E-state index in [1.54, 1.807) is 6.92 Å². The number of nitrogens with zero attached hydrogens (tertiary/aromatic N) is 1. The third kappa shape index (κ3) is 3.88. The number of thioether (sulfide) groups is 1. The smallest absolute Gasteiger partial charge is 0.337 e. The Morgan fingerprint density at radius 2 is 2.33 bits per heavy atom. The number of hydrogen-bond acceptors (Lipinski definition) is 7. The van der Waals surface area contributed by atoms with Crippen molar-refractivity contribution in [2.45, 2.75) is 18.1 Å². The van der Waals surface area contributed by atoms with Gasteiger partial charge in [-0.3, -0.25) is 0 Å². The van der Waals surface area contributed by atoms with Gasteiger partial charge >= 0.3 is 12.0 Å². The van der Waals surface area contributed by atoms with Crippen LogP contribution in [0.2, 0.25) is 0 Å². The highest BCUT2D eigenvalue weighted by Crippen LogP contribution is 2.32. The molecule has 0 saturated heterocycles. The Morgan fingerprint density at radius 3 is 2.95 bits per heavy atom. The van der Waals surface area contributed by atoms with Gasteiger partial charge in [-0.05, 0) is 13.8 Å². The van der Waals surface area contributed by atoms with Crippen molar-refractivity contribution < 1.29 is 14.3 Å². The summed E-state index contributed by atoms with van der Waals surface area (Å²) in [6.45, 7) is 4.08. The number of nitrogens with one attached hydrogen (secondary N) is 2. The second-order valence-electron chi connectivity index (χ2n) is 4.20. The molecule has 9 heteroatoms. The average molecular weight is 328 g/mol. The quantitative estimate of drug-likeness (QED) is 0.555. The molecule has 1 aliphatic heterocycles. The van der Waals surface area contributed by atoms with Crippen molar-refractivity contribution in [1.29, 1.82) is 0 Å². The number of carbonyl (C=O) groups is 2. The molecule has 0 unspecified atom stereocenters. The second-order valence-corrected chi connectivity index (χ2v) is 6.47. The lowest BCUT2D eigenvalue weighted by Gasteiger charge is -2.20. The van der Waals surface area contributed by atoms with Crippen molar-refractivity contribution in [2.75, 3.05) is 24.6 Å². The van der Waals surface area contributed by atoms with Gasteiger partial charge < -0.3 is 21.1 Å². The molecule has 1 aromatic heterocycles. The molecule has 0 radical (unpaired) electrons. The molecule has 1 aromatic rings. The Hall–Kier alpha value is -1.74. The van der Waals surface area contributed by atoms with Gasteiger partial charge in [-0.2, -0.15) is 0 Å². The zero-order chi connectivity index (χ0) is 15.4. The highest BCUT2D eigenvalue weighted by atomic mass is 32.2. The number of thiazole rings is 1. The Labute approximate surface area is 130 Å². The number of hydrogen-bond donors (Lipinski definition) is 3. The largest absolute Gasteiger partial charge is 0.463 e. The molecule has 0 saturated carbocycles. The summed E-state index contributed by atoms with van der Waals surface area (Å²) >= 11 is 2.87. The fourth-order valence-electron chi connectivity index (χ4n) is 1.74. The SMILES string of the molecule is CCOC(=O)C1=C(CSc2sc(N)nc2C)NC(=O)NC1. The zero-order valence-electron chi connectivity index (χ0n) is 11.7. The van der Waals surface area contributed by atoms with Crippen LogP contribution < -0.4 is 16.4 Å². The van der Waals surface area contributed by atoms with Crippen LogP contribution in [0.5, 0.6) is 0 Å². The summed E-state index contributed by atoms with van der Waals surface area (Å²) in [5.41, 5.74) is 7.51. The first kappa shape index (κ1) is 15.6. The van der Waals surface area contributed by atoms with E-state index >= 15 is 0 Å². The second kappa shape index (κ2) is 6.81. The maximum absolute atomic E-state index is 11.9. The number of urea groups is 1. The molecule has 2 rings (SSSR count). The summed E-state index contributed by atoms with van der Waals surface area (Å²) in [7, 11) is 0. The predicted molar refractivity (Wildman–Crippen MR) is 82.2 cm³/mol. The molecular weight excluding hydrogens is 312 g/mol. The minimum atomic E-state index is -0.416. The lowest BCUT2D eigenvalue weighted by Crippen LogP contribution is -2.44. The first-order chi connectivity index (χ1) is 10.0. The van der Waals surface area contributed by atoms with E-state index < -0.39 is 5.97 Å². The number of amides is 2. The molecule has 7 nitrogen and oxygen atoms in total. The van der Waals surface area contributed by atoms with E-state index in [0.717, 1.165) is 9.90 Å². The molecule has 0 spiro atoms. The van der Waals surface area contributed by atoms with Crippen LogP contribution in [0.3, 0.4) is 0 Å². The van der Waals surface area contributed by atoms with Crippen molar-refractivity contribution in [1.82, 2.24) is 15.6 Å². The summed E-state index contributed by atoms with van der Waals surface area (Å²) in [5, 5.41) is 5.73. The van der Waals surface area contributed by atoms with E-state index in [1.807, 2.05) is 6.92 Å². The molecule has 0 fully saturated rings. The Bertz CT molecular complexity index is 597. The third-order valence-corrected chi connectivity index (χ3v) is 5.07. The van der Waals surface area contributed by atoms with Crippen molar-refractivity contribution in [2.24, 2.45) is 0 Å². The number of rotatable bonds is 5. The molecule has 114 valence electrons. The molecule has 21 heavy (non-hydrogen) atoms. The standard InChI is InChI=1S/C12H16N4O3S2/c1-3-19-9(17)7-4-14-12(18)16-8(7)5-20-10-6(2)15-11(13)21-10/h3-5H2,1-2H3,(H2,13,15)(H2,14,16,18). The van der Waals surface area contributed by atoms with Gasteiger partial charge in [-0.25, -0.2) is 14.6 Å². The first-order valence-corrected chi connectivity index (χ1v) is 8.11. The molecule has 2 heterocycles. The van der Waals surface area contributed by atoms with Crippen LogP contribution in [0.15, 0.2) is 15.5 Å². The van der Waals surface area contributed by atoms with Crippen molar-refractivity contribution >= 4 is 40.2 Å². The predicted octanol–water partition coefficient (Wildman–Crippen LogP) is 1.26. The summed E-state index contributed by atoms with van der Waals surface area (Å²) in [4.78, 5) is 27.5. The van der Waals surface area contributed by atoms with Gasteiger partial charge in [0, 0.05) is 11.4 Å². The zero-order valence-corrected chi connectivity index (χ0v) is 13.3. The van der Waals surface area contributed by atoms with Crippen LogP contribution >= 0.6 is 23.1 Å². The number of aryl methyl sites for hydroxylation is 1.